The van der Waals surface area contributed by atoms with Crippen LogP contribution in [0.1, 0.15) is 26.7 Å². The normalized spacial score (nSPS) is 14.9. The summed E-state index contributed by atoms with van der Waals surface area (Å²) in [6, 6.07) is 1.93. The Bertz CT molecular complexity index is 387. The minimum Gasteiger partial charge on any atom is -0.489 e. The first kappa shape index (κ1) is 12.0. The molecule has 0 radical (unpaired) electrons. The van der Waals surface area contributed by atoms with E-state index in [1.165, 1.54) is 0 Å². The van der Waals surface area contributed by atoms with Gasteiger partial charge in [-0.15, -0.1) is 0 Å². The maximum Gasteiger partial charge on any atom is 0.171 e. The number of aromatic nitrogens is 1. The van der Waals surface area contributed by atoms with Crippen LogP contribution in [0.3, 0.4) is 0 Å². The smallest absolute Gasteiger partial charge is 0.171 e. The maximum absolute atomic E-state index is 5.77. The Morgan fingerprint density at radius 3 is 2.59 bits per heavy atom. The predicted molar refractivity (Wildman–Crippen MR) is 68.0 cm³/mol. The molecule has 1 saturated carbocycles. The van der Waals surface area contributed by atoms with E-state index in [4.69, 9.17) is 9.47 Å². The van der Waals surface area contributed by atoms with E-state index >= 15 is 0 Å². The van der Waals surface area contributed by atoms with Gasteiger partial charge in [0.1, 0.15) is 5.75 Å². The molecule has 1 aromatic heterocycles. The fraction of sp³-hybridized carbons (Fsp3) is 0.615. The topological polar surface area (TPSA) is 34.6 Å². The lowest BCUT2D eigenvalue weighted by Gasteiger charge is -2.19. The second-order valence-electron chi connectivity index (χ2n) is 4.87. The molecule has 0 atom stereocenters. The van der Waals surface area contributed by atoms with Gasteiger partial charge in [-0.25, -0.2) is 4.98 Å². The summed E-state index contributed by atoms with van der Waals surface area (Å²) >= 11 is 0. The Morgan fingerprint density at radius 1 is 1.35 bits per heavy atom. The zero-order chi connectivity index (χ0) is 12.4. The van der Waals surface area contributed by atoms with Gasteiger partial charge in [-0.1, -0.05) is 0 Å². The highest BCUT2D eigenvalue weighted by Gasteiger charge is 2.24. The molecule has 1 fully saturated rings. The van der Waals surface area contributed by atoms with Crippen molar-refractivity contribution in [3.8, 4) is 11.5 Å². The van der Waals surface area contributed by atoms with E-state index in [0.717, 1.165) is 30.2 Å². The van der Waals surface area contributed by atoms with Crippen molar-refractivity contribution in [3.05, 3.63) is 12.3 Å². The zero-order valence-electron chi connectivity index (χ0n) is 10.9. The number of rotatable bonds is 5. The van der Waals surface area contributed by atoms with Gasteiger partial charge in [0.05, 0.1) is 18.4 Å². The van der Waals surface area contributed by atoms with Crippen LogP contribution in [0.5, 0.6) is 11.5 Å². The molecule has 1 heterocycles. The summed E-state index contributed by atoms with van der Waals surface area (Å²) in [4.78, 5) is 6.33. The Morgan fingerprint density at radius 2 is 2.06 bits per heavy atom. The van der Waals surface area contributed by atoms with Crippen molar-refractivity contribution in [3.63, 3.8) is 0 Å². The summed E-state index contributed by atoms with van der Waals surface area (Å²) in [5, 5.41) is 0. The molecule has 0 spiro atoms. The zero-order valence-corrected chi connectivity index (χ0v) is 10.9. The van der Waals surface area contributed by atoms with Gasteiger partial charge in [-0.2, -0.15) is 0 Å². The molecule has 0 bridgehead atoms. The van der Waals surface area contributed by atoms with Crippen LogP contribution >= 0.6 is 0 Å². The molecule has 17 heavy (non-hydrogen) atoms. The van der Waals surface area contributed by atoms with Crippen molar-refractivity contribution < 1.29 is 9.47 Å². The van der Waals surface area contributed by atoms with Gasteiger partial charge in [0, 0.05) is 20.2 Å². The highest BCUT2D eigenvalue weighted by atomic mass is 16.5. The molecule has 0 unspecified atom stereocenters. The average molecular weight is 236 g/mol. The lowest BCUT2D eigenvalue weighted by Crippen LogP contribution is -2.15. The van der Waals surface area contributed by atoms with E-state index < -0.39 is 0 Å². The number of ether oxygens (including phenoxy) is 2. The Kier molecular flexibility index (Phi) is 3.41. The van der Waals surface area contributed by atoms with Crippen LogP contribution in [0.25, 0.3) is 0 Å². The van der Waals surface area contributed by atoms with E-state index in [0.29, 0.717) is 6.10 Å². The van der Waals surface area contributed by atoms with Crippen molar-refractivity contribution in [2.24, 2.45) is 0 Å². The van der Waals surface area contributed by atoms with Gasteiger partial charge in [-0.05, 0) is 26.7 Å². The number of hydrogen-bond acceptors (Lipinski definition) is 4. The first-order chi connectivity index (χ1) is 8.06. The van der Waals surface area contributed by atoms with Gasteiger partial charge >= 0.3 is 0 Å². The second-order valence-corrected chi connectivity index (χ2v) is 4.87. The molecule has 0 amide bonds. The van der Waals surface area contributed by atoms with Crippen LogP contribution in [0.15, 0.2) is 12.3 Å². The highest BCUT2D eigenvalue weighted by molar-refractivity contribution is 5.53. The third kappa shape index (κ3) is 3.25. The van der Waals surface area contributed by atoms with Crippen molar-refractivity contribution in [1.29, 1.82) is 0 Å². The SMILES string of the molecule is CC(C)Oc1cc(OC2CC2)cnc1N(C)C. The predicted octanol–water partition coefficient (Wildman–Crippen LogP) is 2.48. The number of pyridine rings is 1. The fourth-order valence-electron chi connectivity index (χ4n) is 1.54. The molecular formula is C13H20N2O2. The first-order valence-corrected chi connectivity index (χ1v) is 6.07. The third-order valence-corrected chi connectivity index (χ3v) is 2.42. The van der Waals surface area contributed by atoms with E-state index in [1.54, 1.807) is 6.20 Å². The maximum atomic E-state index is 5.77. The van der Waals surface area contributed by atoms with Crippen LogP contribution in [0.2, 0.25) is 0 Å². The summed E-state index contributed by atoms with van der Waals surface area (Å²) < 4.78 is 11.5. The highest BCUT2D eigenvalue weighted by Crippen LogP contribution is 2.32. The summed E-state index contributed by atoms with van der Waals surface area (Å²) in [6.07, 6.45) is 4.58. The lowest BCUT2D eigenvalue weighted by atomic mass is 10.3. The first-order valence-electron chi connectivity index (χ1n) is 6.07. The van der Waals surface area contributed by atoms with Crippen LogP contribution in [-0.2, 0) is 0 Å². The van der Waals surface area contributed by atoms with E-state index in [1.807, 2.05) is 38.9 Å². The number of anilines is 1. The van der Waals surface area contributed by atoms with E-state index in [9.17, 15) is 0 Å². The minimum atomic E-state index is 0.131. The van der Waals surface area contributed by atoms with E-state index in [2.05, 4.69) is 4.98 Å². The largest absolute Gasteiger partial charge is 0.489 e. The molecule has 4 heteroatoms. The molecule has 94 valence electrons. The molecule has 0 saturated heterocycles. The van der Waals surface area contributed by atoms with Crippen LogP contribution in [0.4, 0.5) is 5.82 Å². The van der Waals surface area contributed by atoms with Gasteiger partial charge in [-0.3, -0.25) is 0 Å². The quantitative estimate of drug-likeness (QED) is 0.786. The third-order valence-electron chi connectivity index (χ3n) is 2.42. The standard InChI is InChI=1S/C13H20N2O2/c1-9(2)16-12-7-11(17-10-5-6-10)8-14-13(12)15(3)4/h7-10H,5-6H2,1-4H3. The molecule has 0 N–H and O–H groups in total. The van der Waals surface area contributed by atoms with Crippen molar-refractivity contribution in [2.75, 3.05) is 19.0 Å². The molecule has 0 aliphatic heterocycles. The van der Waals surface area contributed by atoms with Gasteiger partial charge in [0.15, 0.2) is 11.6 Å². The summed E-state index contributed by atoms with van der Waals surface area (Å²) in [5.74, 6) is 2.42. The Hall–Kier alpha value is -1.45. The number of nitrogens with zero attached hydrogens (tertiary/aromatic N) is 2. The summed E-state index contributed by atoms with van der Waals surface area (Å²) in [7, 11) is 3.91. The van der Waals surface area contributed by atoms with Crippen molar-refractivity contribution >= 4 is 5.82 Å². The van der Waals surface area contributed by atoms with Crippen molar-refractivity contribution in [2.45, 2.75) is 38.9 Å². The molecule has 1 aromatic rings. The van der Waals surface area contributed by atoms with Crippen LogP contribution < -0.4 is 14.4 Å². The fourth-order valence-corrected chi connectivity index (χ4v) is 1.54. The monoisotopic (exact) mass is 236 g/mol. The molecular weight excluding hydrogens is 216 g/mol. The number of hydrogen-bond donors (Lipinski definition) is 0. The van der Waals surface area contributed by atoms with Crippen molar-refractivity contribution in [1.82, 2.24) is 4.98 Å². The Balaban J connectivity index is 2.20. The molecule has 4 nitrogen and oxygen atoms in total. The molecule has 0 aromatic carbocycles. The van der Waals surface area contributed by atoms with Crippen LogP contribution in [0, 0.1) is 0 Å². The van der Waals surface area contributed by atoms with Gasteiger partial charge in [0.2, 0.25) is 0 Å². The van der Waals surface area contributed by atoms with Gasteiger partial charge in [0.25, 0.3) is 0 Å². The lowest BCUT2D eigenvalue weighted by molar-refractivity contribution is 0.239. The molecule has 2 rings (SSSR count). The van der Waals surface area contributed by atoms with E-state index in [-0.39, 0.29) is 6.10 Å². The summed E-state index contributed by atoms with van der Waals surface area (Å²) in [5.41, 5.74) is 0. The summed E-state index contributed by atoms with van der Waals surface area (Å²) in [6.45, 7) is 4.02. The van der Waals surface area contributed by atoms with Gasteiger partial charge < -0.3 is 14.4 Å². The molecule has 1 aliphatic carbocycles. The second kappa shape index (κ2) is 4.82. The minimum absolute atomic E-state index is 0.131. The van der Waals surface area contributed by atoms with Crippen LogP contribution in [-0.4, -0.2) is 31.3 Å². The Labute approximate surface area is 103 Å². The molecule has 1 aliphatic rings. The average Bonchev–Trinajstić information content (AvgIpc) is 3.00.